The highest BCUT2D eigenvalue weighted by Gasteiger charge is 2.05. The van der Waals surface area contributed by atoms with E-state index in [1.807, 2.05) is 30.8 Å². The lowest BCUT2D eigenvalue weighted by Gasteiger charge is -2.07. The predicted molar refractivity (Wildman–Crippen MR) is 64.2 cm³/mol. The van der Waals surface area contributed by atoms with Crippen molar-refractivity contribution >= 4 is 5.82 Å². The van der Waals surface area contributed by atoms with Crippen molar-refractivity contribution in [2.75, 3.05) is 5.32 Å². The van der Waals surface area contributed by atoms with E-state index in [-0.39, 0.29) is 0 Å². The van der Waals surface area contributed by atoms with Crippen molar-refractivity contribution in [2.45, 2.75) is 13.5 Å². The van der Waals surface area contributed by atoms with Gasteiger partial charge in [-0.2, -0.15) is 5.26 Å². The van der Waals surface area contributed by atoms with E-state index in [9.17, 15) is 0 Å². The van der Waals surface area contributed by atoms with E-state index in [4.69, 9.17) is 5.26 Å². The van der Waals surface area contributed by atoms with E-state index in [0.29, 0.717) is 17.9 Å². The molecule has 0 amide bonds. The van der Waals surface area contributed by atoms with Gasteiger partial charge in [-0.15, -0.1) is 0 Å². The summed E-state index contributed by atoms with van der Waals surface area (Å²) in [5.74, 6) is 1.51. The van der Waals surface area contributed by atoms with Gasteiger partial charge in [0.1, 0.15) is 17.7 Å². The van der Waals surface area contributed by atoms with Crippen molar-refractivity contribution in [1.29, 1.82) is 5.26 Å². The third kappa shape index (κ3) is 2.42. The molecule has 0 radical (unpaired) electrons. The van der Waals surface area contributed by atoms with Gasteiger partial charge in [-0.05, 0) is 19.1 Å². The highest BCUT2D eigenvalue weighted by molar-refractivity contribution is 5.52. The minimum atomic E-state index is 0.546. The summed E-state index contributed by atoms with van der Waals surface area (Å²) in [6, 6.07) is 5.71. The van der Waals surface area contributed by atoms with Gasteiger partial charge >= 0.3 is 0 Å². The Morgan fingerprint density at radius 2 is 2.29 bits per heavy atom. The monoisotopic (exact) mass is 227 g/mol. The Morgan fingerprint density at radius 3 is 2.94 bits per heavy atom. The van der Waals surface area contributed by atoms with Crippen molar-refractivity contribution in [3.8, 4) is 6.07 Å². The fraction of sp³-hybridized carbons (Fsp3) is 0.250. The Bertz CT molecular complexity index is 565. The second-order valence-corrected chi connectivity index (χ2v) is 3.77. The number of hydrogen-bond acceptors (Lipinski definition) is 4. The molecule has 17 heavy (non-hydrogen) atoms. The molecule has 0 aliphatic heterocycles. The van der Waals surface area contributed by atoms with Gasteiger partial charge in [0.05, 0.1) is 12.1 Å². The molecular weight excluding hydrogens is 214 g/mol. The Labute approximate surface area is 99.7 Å². The van der Waals surface area contributed by atoms with Crippen molar-refractivity contribution in [3.05, 3.63) is 41.6 Å². The lowest BCUT2D eigenvalue weighted by atomic mass is 10.2. The normalized spacial score (nSPS) is 9.94. The molecule has 0 saturated heterocycles. The quantitative estimate of drug-likeness (QED) is 0.865. The number of aryl methyl sites for hydroxylation is 2. The summed E-state index contributed by atoms with van der Waals surface area (Å²) in [6.07, 6.45) is 3.62. The lowest BCUT2D eigenvalue weighted by molar-refractivity contribution is 0.810. The first kappa shape index (κ1) is 11.1. The molecule has 0 aromatic carbocycles. The molecule has 0 fully saturated rings. The first-order valence-corrected chi connectivity index (χ1v) is 5.28. The van der Waals surface area contributed by atoms with Crippen LogP contribution < -0.4 is 5.32 Å². The Hall–Kier alpha value is -2.35. The maximum absolute atomic E-state index is 8.97. The van der Waals surface area contributed by atoms with E-state index in [2.05, 4.69) is 21.4 Å². The van der Waals surface area contributed by atoms with Crippen molar-refractivity contribution in [2.24, 2.45) is 7.05 Å². The number of rotatable bonds is 3. The summed E-state index contributed by atoms with van der Waals surface area (Å²) in [4.78, 5) is 8.50. The summed E-state index contributed by atoms with van der Waals surface area (Å²) in [7, 11) is 1.93. The van der Waals surface area contributed by atoms with E-state index >= 15 is 0 Å². The molecule has 1 N–H and O–H groups in total. The molecule has 0 spiro atoms. The second kappa shape index (κ2) is 4.66. The lowest BCUT2D eigenvalue weighted by Crippen LogP contribution is -2.08. The zero-order valence-corrected chi connectivity index (χ0v) is 9.81. The van der Waals surface area contributed by atoms with Crippen LogP contribution in [0.1, 0.15) is 17.1 Å². The van der Waals surface area contributed by atoms with E-state index in [1.54, 1.807) is 12.3 Å². The molecule has 0 bridgehead atoms. The van der Waals surface area contributed by atoms with Crippen LogP contribution in [0.2, 0.25) is 0 Å². The van der Waals surface area contributed by atoms with Crippen LogP contribution >= 0.6 is 0 Å². The molecule has 2 aromatic heterocycles. The smallest absolute Gasteiger partial charge is 0.144 e. The molecule has 5 nitrogen and oxygen atoms in total. The molecule has 0 unspecified atom stereocenters. The van der Waals surface area contributed by atoms with Gasteiger partial charge in [0, 0.05) is 25.1 Å². The SMILES string of the molecule is Cc1ccc(C#N)c(NCc2nccn2C)n1. The summed E-state index contributed by atoms with van der Waals surface area (Å²) >= 11 is 0. The fourth-order valence-electron chi connectivity index (χ4n) is 1.51. The third-order valence-electron chi connectivity index (χ3n) is 2.49. The van der Waals surface area contributed by atoms with Crippen LogP contribution in [0.25, 0.3) is 0 Å². The van der Waals surface area contributed by atoms with Crippen LogP contribution in [0.4, 0.5) is 5.82 Å². The van der Waals surface area contributed by atoms with Gasteiger partial charge in [0.15, 0.2) is 0 Å². The fourth-order valence-corrected chi connectivity index (χ4v) is 1.51. The van der Waals surface area contributed by atoms with E-state index in [0.717, 1.165) is 11.5 Å². The van der Waals surface area contributed by atoms with Gasteiger partial charge in [0.25, 0.3) is 0 Å². The highest BCUT2D eigenvalue weighted by atomic mass is 15.1. The largest absolute Gasteiger partial charge is 0.362 e. The predicted octanol–water partition coefficient (Wildman–Crippen LogP) is 1.61. The Kier molecular flexibility index (Phi) is 3.06. The summed E-state index contributed by atoms with van der Waals surface area (Å²) < 4.78 is 1.93. The Balaban J connectivity index is 2.17. The minimum Gasteiger partial charge on any atom is -0.362 e. The molecule has 2 aromatic rings. The molecule has 5 heteroatoms. The first-order chi connectivity index (χ1) is 8.20. The van der Waals surface area contributed by atoms with Gasteiger partial charge < -0.3 is 9.88 Å². The van der Waals surface area contributed by atoms with Crippen LogP contribution in [-0.4, -0.2) is 14.5 Å². The molecule has 2 rings (SSSR count). The van der Waals surface area contributed by atoms with E-state index < -0.39 is 0 Å². The summed E-state index contributed by atoms with van der Waals surface area (Å²) in [5, 5.41) is 12.1. The minimum absolute atomic E-state index is 0.546. The van der Waals surface area contributed by atoms with Gasteiger partial charge in [-0.3, -0.25) is 0 Å². The maximum atomic E-state index is 8.97. The highest BCUT2D eigenvalue weighted by Crippen LogP contribution is 2.12. The van der Waals surface area contributed by atoms with Crippen LogP contribution in [0.15, 0.2) is 24.5 Å². The number of nitrogens with zero attached hydrogens (tertiary/aromatic N) is 4. The van der Waals surface area contributed by atoms with Crippen molar-refractivity contribution in [1.82, 2.24) is 14.5 Å². The molecule has 0 aliphatic carbocycles. The second-order valence-electron chi connectivity index (χ2n) is 3.77. The zero-order valence-electron chi connectivity index (χ0n) is 9.81. The standard InChI is InChI=1S/C12H13N5/c1-9-3-4-10(7-13)12(16-9)15-8-11-14-5-6-17(11)2/h3-6H,8H2,1-2H3,(H,15,16). The van der Waals surface area contributed by atoms with Crippen LogP contribution in [-0.2, 0) is 13.6 Å². The van der Waals surface area contributed by atoms with Crippen LogP contribution in [0, 0.1) is 18.3 Å². The maximum Gasteiger partial charge on any atom is 0.144 e. The third-order valence-corrected chi connectivity index (χ3v) is 2.49. The number of pyridine rings is 1. The van der Waals surface area contributed by atoms with E-state index in [1.165, 1.54) is 0 Å². The molecule has 0 saturated carbocycles. The van der Waals surface area contributed by atoms with Gasteiger partial charge in [0.2, 0.25) is 0 Å². The Morgan fingerprint density at radius 1 is 1.47 bits per heavy atom. The molecule has 0 aliphatic rings. The van der Waals surface area contributed by atoms with Crippen LogP contribution in [0.3, 0.4) is 0 Å². The average Bonchev–Trinajstić information content (AvgIpc) is 2.72. The topological polar surface area (TPSA) is 66.5 Å². The number of nitrogens with one attached hydrogen (secondary N) is 1. The molecule has 2 heterocycles. The van der Waals surface area contributed by atoms with Crippen LogP contribution in [0.5, 0.6) is 0 Å². The van der Waals surface area contributed by atoms with Crippen molar-refractivity contribution < 1.29 is 0 Å². The summed E-state index contributed by atoms with van der Waals surface area (Å²) in [5.41, 5.74) is 1.43. The van der Waals surface area contributed by atoms with Gasteiger partial charge in [-0.1, -0.05) is 0 Å². The number of nitriles is 1. The van der Waals surface area contributed by atoms with Gasteiger partial charge in [-0.25, -0.2) is 9.97 Å². The number of anilines is 1. The molecule has 0 atom stereocenters. The first-order valence-electron chi connectivity index (χ1n) is 5.28. The molecular formula is C12H13N5. The summed E-state index contributed by atoms with van der Waals surface area (Å²) in [6.45, 7) is 2.45. The number of hydrogen-bond donors (Lipinski definition) is 1. The number of imidazole rings is 1. The zero-order chi connectivity index (χ0) is 12.3. The average molecular weight is 227 g/mol. The van der Waals surface area contributed by atoms with Crippen molar-refractivity contribution in [3.63, 3.8) is 0 Å². The molecule has 86 valence electrons. The number of aromatic nitrogens is 3.